The molecular formula is C14H13Cl2NO. The van der Waals surface area contributed by atoms with E-state index < -0.39 is 0 Å². The molecule has 2 aromatic rings. The van der Waals surface area contributed by atoms with E-state index in [2.05, 4.69) is 0 Å². The summed E-state index contributed by atoms with van der Waals surface area (Å²) in [4.78, 5) is 0. The van der Waals surface area contributed by atoms with Crippen LogP contribution in [-0.2, 0) is 18.0 Å². The van der Waals surface area contributed by atoms with Gasteiger partial charge in [0.15, 0.2) is 0 Å². The summed E-state index contributed by atoms with van der Waals surface area (Å²) in [5.74, 6) is 0. The van der Waals surface area contributed by atoms with Crippen molar-refractivity contribution in [1.82, 2.24) is 0 Å². The second kappa shape index (κ2) is 6.10. The minimum absolute atomic E-state index is 0.501. The number of benzene rings is 2. The molecule has 2 nitrogen and oxygen atoms in total. The molecule has 0 aliphatic rings. The first-order chi connectivity index (χ1) is 8.65. The lowest BCUT2D eigenvalue weighted by Crippen LogP contribution is -1.94. The van der Waals surface area contributed by atoms with Crippen LogP contribution in [0, 0.1) is 0 Å². The van der Waals surface area contributed by atoms with E-state index in [0.29, 0.717) is 23.3 Å². The predicted octanol–water partition coefficient (Wildman–Crippen LogP) is 4.29. The SMILES string of the molecule is Nc1ccc(COCc2ccc(Cl)c(Cl)c2)cc1. The normalized spacial score (nSPS) is 10.6. The molecule has 94 valence electrons. The highest BCUT2D eigenvalue weighted by molar-refractivity contribution is 6.42. The fourth-order valence-electron chi connectivity index (χ4n) is 1.53. The van der Waals surface area contributed by atoms with E-state index in [0.717, 1.165) is 16.8 Å². The van der Waals surface area contributed by atoms with Crippen LogP contribution in [-0.4, -0.2) is 0 Å². The van der Waals surface area contributed by atoms with Gasteiger partial charge in [-0.15, -0.1) is 0 Å². The van der Waals surface area contributed by atoms with E-state index in [9.17, 15) is 0 Å². The third-order valence-corrected chi connectivity index (χ3v) is 3.24. The van der Waals surface area contributed by atoms with E-state index in [4.69, 9.17) is 33.7 Å². The van der Waals surface area contributed by atoms with Crippen molar-refractivity contribution >= 4 is 28.9 Å². The Hall–Kier alpha value is -1.22. The van der Waals surface area contributed by atoms with E-state index in [1.165, 1.54) is 0 Å². The second-order valence-corrected chi connectivity index (χ2v) is 4.80. The number of rotatable bonds is 4. The zero-order valence-corrected chi connectivity index (χ0v) is 11.2. The average molecular weight is 282 g/mol. The van der Waals surface area contributed by atoms with Crippen LogP contribution in [0.5, 0.6) is 0 Å². The number of nitrogens with two attached hydrogens (primary N) is 1. The smallest absolute Gasteiger partial charge is 0.0722 e. The van der Waals surface area contributed by atoms with Crippen molar-refractivity contribution in [2.24, 2.45) is 0 Å². The Balaban J connectivity index is 1.88. The van der Waals surface area contributed by atoms with Crippen LogP contribution in [0.4, 0.5) is 5.69 Å². The second-order valence-electron chi connectivity index (χ2n) is 3.98. The maximum Gasteiger partial charge on any atom is 0.0722 e. The number of anilines is 1. The molecular weight excluding hydrogens is 269 g/mol. The molecule has 18 heavy (non-hydrogen) atoms. The molecule has 0 aliphatic carbocycles. The molecule has 0 fully saturated rings. The maximum absolute atomic E-state index is 5.93. The lowest BCUT2D eigenvalue weighted by Gasteiger charge is -2.06. The number of nitrogen functional groups attached to an aromatic ring is 1. The first-order valence-electron chi connectivity index (χ1n) is 5.51. The fraction of sp³-hybridized carbons (Fsp3) is 0.143. The number of hydrogen-bond acceptors (Lipinski definition) is 2. The molecule has 0 heterocycles. The van der Waals surface area contributed by atoms with Gasteiger partial charge >= 0.3 is 0 Å². The summed E-state index contributed by atoms with van der Waals surface area (Å²) in [5.41, 5.74) is 8.45. The summed E-state index contributed by atoms with van der Waals surface area (Å²) < 4.78 is 5.60. The Kier molecular flexibility index (Phi) is 4.48. The molecule has 2 rings (SSSR count). The van der Waals surface area contributed by atoms with Crippen molar-refractivity contribution in [2.75, 3.05) is 5.73 Å². The average Bonchev–Trinajstić information content (AvgIpc) is 2.36. The van der Waals surface area contributed by atoms with Crippen LogP contribution in [0.25, 0.3) is 0 Å². The summed E-state index contributed by atoms with van der Waals surface area (Å²) in [6, 6.07) is 13.1. The van der Waals surface area contributed by atoms with Crippen molar-refractivity contribution in [2.45, 2.75) is 13.2 Å². The van der Waals surface area contributed by atoms with Gasteiger partial charge in [0.05, 0.1) is 23.3 Å². The van der Waals surface area contributed by atoms with Crippen molar-refractivity contribution in [1.29, 1.82) is 0 Å². The number of ether oxygens (including phenoxy) is 1. The summed E-state index contributed by atoms with van der Waals surface area (Å²) in [6.45, 7) is 1.04. The van der Waals surface area contributed by atoms with Gasteiger partial charge in [-0.2, -0.15) is 0 Å². The van der Waals surface area contributed by atoms with Gasteiger partial charge in [-0.25, -0.2) is 0 Å². The molecule has 0 aliphatic heterocycles. The molecule has 0 radical (unpaired) electrons. The molecule has 2 N–H and O–H groups in total. The van der Waals surface area contributed by atoms with Gasteiger partial charge in [-0.1, -0.05) is 41.4 Å². The summed E-state index contributed by atoms with van der Waals surface area (Å²) in [6.07, 6.45) is 0. The highest BCUT2D eigenvalue weighted by atomic mass is 35.5. The third-order valence-electron chi connectivity index (χ3n) is 2.50. The molecule has 0 unspecified atom stereocenters. The molecule has 0 aromatic heterocycles. The fourth-order valence-corrected chi connectivity index (χ4v) is 1.85. The molecule has 4 heteroatoms. The molecule has 0 saturated carbocycles. The molecule has 0 bridgehead atoms. The Morgan fingerprint density at radius 1 is 0.833 bits per heavy atom. The van der Waals surface area contributed by atoms with Gasteiger partial charge in [-0.3, -0.25) is 0 Å². The van der Waals surface area contributed by atoms with Crippen molar-refractivity contribution in [3.05, 3.63) is 63.6 Å². The van der Waals surface area contributed by atoms with Gasteiger partial charge in [0.1, 0.15) is 0 Å². The van der Waals surface area contributed by atoms with Gasteiger partial charge in [0.2, 0.25) is 0 Å². The third kappa shape index (κ3) is 3.64. The predicted molar refractivity (Wildman–Crippen MR) is 75.8 cm³/mol. The Labute approximate surface area is 116 Å². The number of hydrogen-bond donors (Lipinski definition) is 1. The molecule has 0 saturated heterocycles. The lowest BCUT2D eigenvalue weighted by molar-refractivity contribution is 0.107. The van der Waals surface area contributed by atoms with Crippen LogP contribution in [0.15, 0.2) is 42.5 Å². The van der Waals surface area contributed by atoms with Crippen LogP contribution in [0.2, 0.25) is 10.0 Å². The molecule has 0 spiro atoms. The Morgan fingerprint density at radius 3 is 2.11 bits per heavy atom. The van der Waals surface area contributed by atoms with Crippen molar-refractivity contribution in [3.8, 4) is 0 Å². The maximum atomic E-state index is 5.93. The zero-order chi connectivity index (χ0) is 13.0. The standard InChI is InChI=1S/C14H13Cl2NO/c15-13-6-3-11(7-14(13)16)9-18-8-10-1-4-12(17)5-2-10/h1-7H,8-9,17H2. The highest BCUT2D eigenvalue weighted by Crippen LogP contribution is 2.23. The minimum atomic E-state index is 0.501. The van der Waals surface area contributed by atoms with Gasteiger partial charge in [0, 0.05) is 5.69 Å². The first kappa shape index (κ1) is 13.2. The highest BCUT2D eigenvalue weighted by Gasteiger charge is 2.00. The topological polar surface area (TPSA) is 35.2 Å². The summed E-state index contributed by atoms with van der Waals surface area (Å²) >= 11 is 11.8. The van der Waals surface area contributed by atoms with Crippen LogP contribution in [0.3, 0.4) is 0 Å². The largest absolute Gasteiger partial charge is 0.399 e. The van der Waals surface area contributed by atoms with Gasteiger partial charge in [0.25, 0.3) is 0 Å². The summed E-state index contributed by atoms with van der Waals surface area (Å²) in [5, 5.41) is 1.10. The molecule has 0 amide bonds. The van der Waals surface area contributed by atoms with E-state index in [-0.39, 0.29) is 0 Å². The quantitative estimate of drug-likeness (QED) is 0.849. The van der Waals surface area contributed by atoms with E-state index in [1.54, 1.807) is 6.07 Å². The van der Waals surface area contributed by atoms with Gasteiger partial charge in [-0.05, 0) is 35.4 Å². The molecule has 2 aromatic carbocycles. The Morgan fingerprint density at radius 2 is 1.44 bits per heavy atom. The first-order valence-corrected chi connectivity index (χ1v) is 6.27. The van der Waals surface area contributed by atoms with Crippen LogP contribution < -0.4 is 5.73 Å². The minimum Gasteiger partial charge on any atom is -0.399 e. The van der Waals surface area contributed by atoms with Gasteiger partial charge < -0.3 is 10.5 Å². The van der Waals surface area contributed by atoms with Crippen LogP contribution in [0.1, 0.15) is 11.1 Å². The van der Waals surface area contributed by atoms with E-state index in [1.807, 2.05) is 36.4 Å². The monoisotopic (exact) mass is 281 g/mol. The van der Waals surface area contributed by atoms with Crippen molar-refractivity contribution < 1.29 is 4.74 Å². The van der Waals surface area contributed by atoms with Crippen molar-refractivity contribution in [3.63, 3.8) is 0 Å². The summed E-state index contributed by atoms with van der Waals surface area (Å²) in [7, 11) is 0. The number of halogens is 2. The lowest BCUT2D eigenvalue weighted by atomic mass is 10.2. The zero-order valence-electron chi connectivity index (χ0n) is 9.70. The van der Waals surface area contributed by atoms with Crippen LogP contribution >= 0.6 is 23.2 Å². The Bertz CT molecular complexity index is 526. The molecule has 0 atom stereocenters. The van der Waals surface area contributed by atoms with E-state index >= 15 is 0 Å².